The van der Waals surface area contributed by atoms with Crippen molar-refractivity contribution in [1.82, 2.24) is 33.7 Å². The monoisotopic (exact) mass is 533 g/mol. The predicted octanol–water partition coefficient (Wildman–Crippen LogP) is 0.204. The van der Waals surface area contributed by atoms with Crippen LogP contribution in [0.2, 0.25) is 0 Å². The van der Waals surface area contributed by atoms with E-state index in [1.165, 1.54) is 4.57 Å². The SMILES string of the molecule is CC#CCn1c(N2CCCC(N)C2)nc2c1c(=O)n(Cc1ccc3c(c1)nnn3C)c(=O)n2CC(=O)OCC. The van der Waals surface area contributed by atoms with Gasteiger partial charge < -0.3 is 15.4 Å². The van der Waals surface area contributed by atoms with E-state index in [0.29, 0.717) is 30.1 Å². The topological polar surface area (TPSA) is 148 Å². The lowest BCUT2D eigenvalue weighted by Gasteiger charge is -2.31. The second-order valence-corrected chi connectivity index (χ2v) is 9.55. The molecule has 0 bridgehead atoms. The zero-order chi connectivity index (χ0) is 27.7. The van der Waals surface area contributed by atoms with Crippen LogP contribution < -0.4 is 21.9 Å². The van der Waals surface area contributed by atoms with Gasteiger partial charge in [0.1, 0.15) is 12.1 Å². The molecule has 13 heteroatoms. The number of nitrogens with two attached hydrogens (primary N) is 1. The van der Waals surface area contributed by atoms with Gasteiger partial charge in [-0.25, -0.2) is 9.48 Å². The normalized spacial score (nSPS) is 15.5. The van der Waals surface area contributed by atoms with Crippen molar-refractivity contribution in [2.45, 2.75) is 52.4 Å². The smallest absolute Gasteiger partial charge is 0.333 e. The van der Waals surface area contributed by atoms with Crippen molar-refractivity contribution in [1.29, 1.82) is 0 Å². The van der Waals surface area contributed by atoms with E-state index in [-0.39, 0.29) is 43.4 Å². The highest BCUT2D eigenvalue weighted by Crippen LogP contribution is 2.23. The molecule has 0 saturated carbocycles. The van der Waals surface area contributed by atoms with E-state index in [9.17, 15) is 14.4 Å². The molecule has 2 N–H and O–H groups in total. The van der Waals surface area contributed by atoms with E-state index < -0.39 is 17.2 Å². The van der Waals surface area contributed by atoms with Crippen LogP contribution in [0.1, 0.15) is 32.3 Å². The molecule has 13 nitrogen and oxygen atoms in total. The summed E-state index contributed by atoms with van der Waals surface area (Å²) in [7, 11) is 1.79. The molecule has 1 aliphatic heterocycles. The molecule has 0 amide bonds. The first-order valence-corrected chi connectivity index (χ1v) is 12.9. The average Bonchev–Trinajstić information content (AvgIpc) is 3.48. The maximum atomic E-state index is 14.0. The fourth-order valence-corrected chi connectivity index (χ4v) is 5.00. The van der Waals surface area contributed by atoms with Crippen molar-refractivity contribution in [3.8, 4) is 11.8 Å². The van der Waals surface area contributed by atoms with Crippen LogP contribution >= 0.6 is 0 Å². The first-order chi connectivity index (χ1) is 18.8. The van der Waals surface area contributed by atoms with E-state index in [4.69, 9.17) is 15.5 Å². The maximum absolute atomic E-state index is 14.0. The Morgan fingerprint density at radius 3 is 2.79 bits per heavy atom. The van der Waals surface area contributed by atoms with E-state index in [1.807, 2.05) is 17.0 Å². The van der Waals surface area contributed by atoms with Gasteiger partial charge in [0.05, 0.1) is 25.2 Å². The summed E-state index contributed by atoms with van der Waals surface area (Å²) in [6.45, 7) is 4.59. The number of ether oxygens (including phenoxy) is 1. The molecule has 204 valence electrons. The molecular weight excluding hydrogens is 502 g/mol. The third-order valence-electron chi connectivity index (χ3n) is 6.86. The van der Waals surface area contributed by atoms with Crippen LogP contribution in [0.5, 0.6) is 0 Å². The Bertz CT molecular complexity index is 1730. The zero-order valence-electron chi connectivity index (χ0n) is 22.3. The Labute approximate surface area is 223 Å². The minimum atomic E-state index is -0.659. The van der Waals surface area contributed by atoms with E-state index in [2.05, 4.69) is 22.2 Å². The highest BCUT2D eigenvalue weighted by Gasteiger charge is 2.27. The molecule has 4 heterocycles. The molecule has 5 rings (SSSR count). The van der Waals surface area contributed by atoms with Crippen molar-refractivity contribution >= 4 is 34.1 Å². The van der Waals surface area contributed by atoms with Crippen LogP contribution in [0.15, 0.2) is 27.8 Å². The van der Waals surface area contributed by atoms with Gasteiger partial charge in [-0.05, 0) is 44.4 Å². The van der Waals surface area contributed by atoms with Gasteiger partial charge in [-0.1, -0.05) is 17.2 Å². The van der Waals surface area contributed by atoms with Gasteiger partial charge in [-0.2, -0.15) is 4.98 Å². The number of aryl methyl sites for hydroxylation is 1. The Balaban J connectivity index is 1.73. The summed E-state index contributed by atoms with van der Waals surface area (Å²) < 4.78 is 10.8. The quantitative estimate of drug-likeness (QED) is 0.260. The fraction of sp³-hybridized carbons (Fsp3) is 0.462. The highest BCUT2D eigenvalue weighted by atomic mass is 16.5. The number of carbonyl (C=O) groups is 1. The molecule has 1 fully saturated rings. The summed E-state index contributed by atoms with van der Waals surface area (Å²) in [5.74, 6) is 5.78. The molecule has 1 saturated heterocycles. The molecular formula is C26H31N9O4. The second kappa shape index (κ2) is 10.7. The molecule has 0 aliphatic carbocycles. The predicted molar refractivity (Wildman–Crippen MR) is 145 cm³/mol. The Morgan fingerprint density at radius 1 is 1.23 bits per heavy atom. The molecule has 3 aromatic heterocycles. The number of piperidine rings is 1. The number of fused-ring (bicyclic) bond motifs is 2. The Morgan fingerprint density at radius 2 is 2.05 bits per heavy atom. The van der Waals surface area contributed by atoms with Gasteiger partial charge in [-0.15, -0.1) is 11.0 Å². The summed E-state index contributed by atoms with van der Waals surface area (Å²) in [6.07, 6.45) is 1.76. The number of esters is 1. The summed E-state index contributed by atoms with van der Waals surface area (Å²) in [4.78, 5) is 47.0. The van der Waals surface area contributed by atoms with Crippen LogP contribution in [0.4, 0.5) is 5.95 Å². The van der Waals surface area contributed by atoms with E-state index in [1.54, 1.807) is 36.2 Å². The van der Waals surface area contributed by atoms with Crippen LogP contribution in [-0.4, -0.2) is 65.4 Å². The Kier molecular flexibility index (Phi) is 7.21. The summed E-state index contributed by atoms with van der Waals surface area (Å²) in [5, 5.41) is 8.16. The van der Waals surface area contributed by atoms with Gasteiger partial charge in [0, 0.05) is 26.2 Å². The lowest BCUT2D eigenvalue weighted by atomic mass is 10.1. The minimum Gasteiger partial charge on any atom is -0.465 e. The summed E-state index contributed by atoms with van der Waals surface area (Å²) in [5.41, 5.74) is 7.52. The lowest BCUT2D eigenvalue weighted by Crippen LogP contribution is -2.44. The van der Waals surface area contributed by atoms with Crippen molar-refractivity contribution in [2.75, 3.05) is 24.6 Å². The van der Waals surface area contributed by atoms with Crippen molar-refractivity contribution < 1.29 is 9.53 Å². The number of benzene rings is 1. The Hall–Kier alpha value is -4.44. The number of aromatic nitrogens is 7. The largest absolute Gasteiger partial charge is 0.465 e. The fourth-order valence-electron chi connectivity index (χ4n) is 5.00. The number of anilines is 1. The second-order valence-electron chi connectivity index (χ2n) is 9.55. The standard InChI is InChI=1S/C26H31N9O4/c1-4-6-12-33-22-23(28-25(33)32-11-7-8-18(27)15-32)34(16-21(36)39-5-2)26(38)35(24(22)37)14-17-9-10-20-19(13-17)29-30-31(20)3/h9-10,13,18H,5,7-8,11-12,14-16,27H2,1-3H3. The number of imidazole rings is 1. The van der Waals surface area contributed by atoms with Crippen molar-refractivity contribution in [3.05, 3.63) is 44.6 Å². The molecule has 1 atom stereocenters. The molecule has 0 spiro atoms. The number of rotatable bonds is 7. The van der Waals surface area contributed by atoms with E-state index in [0.717, 1.165) is 22.9 Å². The first kappa shape index (κ1) is 26.2. The molecule has 1 aliphatic rings. The van der Waals surface area contributed by atoms with Crippen molar-refractivity contribution in [3.63, 3.8) is 0 Å². The number of nitrogens with zero attached hydrogens (tertiary/aromatic N) is 8. The lowest BCUT2D eigenvalue weighted by molar-refractivity contribution is -0.143. The minimum absolute atomic E-state index is 0.0303. The van der Waals surface area contributed by atoms with Crippen LogP contribution in [0.3, 0.4) is 0 Å². The number of hydrogen-bond acceptors (Lipinski definition) is 9. The van der Waals surface area contributed by atoms with Crippen LogP contribution in [0, 0.1) is 11.8 Å². The number of hydrogen-bond donors (Lipinski definition) is 1. The van der Waals surface area contributed by atoms with Gasteiger partial charge in [0.25, 0.3) is 5.56 Å². The third kappa shape index (κ3) is 4.90. The van der Waals surface area contributed by atoms with Gasteiger partial charge in [-0.3, -0.25) is 23.3 Å². The number of carbonyl (C=O) groups excluding carboxylic acids is 1. The molecule has 4 aromatic rings. The molecule has 39 heavy (non-hydrogen) atoms. The molecule has 1 aromatic carbocycles. The van der Waals surface area contributed by atoms with Crippen molar-refractivity contribution in [2.24, 2.45) is 12.8 Å². The average molecular weight is 534 g/mol. The third-order valence-corrected chi connectivity index (χ3v) is 6.86. The van der Waals surface area contributed by atoms with Gasteiger partial charge >= 0.3 is 11.7 Å². The molecule has 0 radical (unpaired) electrons. The highest BCUT2D eigenvalue weighted by molar-refractivity contribution is 5.78. The van der Waals surface area contributed by atoms with E-state index >= 15 is 0 Å². The summed E-state index contributed by atoms with van der Waals surface area (Å²) in [6, 6.07) is 5.40. The maximum Gasteiger partial charge on any atom is 0.333 e. The van der Waals surface area contributed by atoms with Gasteiger partial charge in [0.2, 0.25) is 5.95 Å². The summed E-state index contributed by atoms with van der Waals surface area (Å²) >= 11 is 0. The zero-order valence-corrected chi connectivity index (χ0v) is 22.3. The van der Waals surface area contributed by atoms with Crippen LogP contribution in [-0.2, 0) is 36.2 Å². The van der Waals surface area contributed by atoms with Crippen LogP contribution in [0.25, 0.3) is 22.2 Å². The molecule has 1 unspecified atom stereocenters. The first-order valence-electron chi connectivity index (χ1n) is 12.9. The van der Waals surface area contributed by atoms with Gasteiger partial charge in [0.15, 0.2) is 11.2 Å².